The number of nitrogens with zero attached hydrogens (tertiary/aromatic N) is 3. The minimum absolute atomic E-state index is 0.0733. The third-order valence-electron chi connectivity index (χ3n) is 4.27. The molecule has 0 spiro atoms. The van der Waals surface area contributed by atoms with Gasteiger partial charge in [-0.1, -0.05) is 5.16 Å². The number of nitrogen functional groups attached to an aromatic ring is 1. The molecule has 0 bridgehead atoms. The summed E-state index contributed by atoms with van der Waals surface area (Å²) in [4.78, 5) is 58.1. The summed E-state index contributed by atoms with van der Waals surface area (Å²) in [5.41, 5.74) is 5.76. The van der Waals surface area contributed by atoms with Gasteiger partial charge in [-0.2, -0.15) is 0 Å². The number of carbonyl (C=O) groups excluding carboxylic acids is 3. The number of anilines is 1. The van der Waals surface area contributed by atoms with Crippen molar-refractivity contribution in [2.24, 2.45) is 5.16 Å². The lowest BCUT2D eigenvalue weighted by molar-refractivity contribution is -0.152. The Kier molecular flexibility index (Phi) is 7.12. The number of nitrogens with two attached hydrogens (primary N) is 1. The third-order valence-corrected chi connectivity index (χ3v) is 6.13. The van der Waals surface area contributed by atoms with Crippen molar-refractivity contribution >= 4 is 57.7 Å². The number of carboxylic acids is 1. The molecule has 14 heteroatoms. The zero-order valence-corrected chi connectivity index (χ0v) is 17.9. The van der Waals surface area contributed by atoms with Crippen LogP contribution in [0.1, 0.15) is 18.5 Å². The molecule has 1 unspecified atom stereocenters. The van der Waals surface area contributed by atoms with Crippen LogP contribution in [-0.2, 0) is 28.8 Å². The monoisotopic (exact) mass is 469 g/mol. The van der Waals surface area contributed by atoms with E-state index in [9.17, 15) is 19.2 Å². The van der Waals surface area contributed by atoms with Crippen LogP contribution in [0.15, 0.2) is 22.3 Å². The number of aromatic nitrogens is 1. The summed E-state index contributed by atoms with van der Waals surface area (Å²) in [5, 5.41) is 16.2. The number of carbonyl (C=O) groups is 4. The zero-order valence-electron chi connectivity index (χ0n) is 16.3. The van der Waals surface area contributed by atoms with Crippen LogP contribution in [0.25, 0.3) is 0 Å². The molecule has 2 aliphatic rings. The summed E-state index contributed by atoms with van der Waals surface area (Å²) in [6.07, 6.45) is 1.60. The SMILES string of the molecule is CON=C(C(=O)NC1C(=O)N2C(C(=O)OCCCC(=O)O)=CCS[C@H]12)c1csc(N)n1. The van der Waals surface area contributed by atoms with Gasteiger partial charge >= 0.3 is 11.9 Å². The highest BCUT2D eigenvalue weighted by Crippen LogP contribution is 2.37. The fraction of sp³-hybridized carbons (Fsp3) is 0.412. The van der Waals surface area contributed by atoms with Gasteiger partial charge in [-0.15, -0.1) is 23.1 Å². The number of rotatable bonds is 9. The summed E-state index contributed by atoms with van der Waals surface area (Å²) >= 11 is 2.50. The summed E-state index contributed by atoms with van der Waals surface area (Å²) in [5.74, 6) is -2.42. The minimum Gasteiger partial charge on any atom is -0.481 e. The number of thiazole rings is 1. The molecule has 2 amide bonds. The van der Waals surface area contributed by atoms with Crippen molar-refractivity contribution in [2.45, 2.75) is 24.3 Å². The molecule has 3 rings (SSSR count). The molecule has 1 aromatic heterocycles. The van der Waals surface area contributed by atoms with E-state index in [1.54, 1.807) is 6.08 Å². The fourth-order valence-electron chi connectivity index (χ4n) is 2.89. The van der Waals surface area contributed by atoms with Gasteiger partial charge in [-0.3, -0.25) is 19.3 Å². The molecule has 2 atom stereocenters. The standard InChI is InChI=1S/C17H19N5O7S2/c1-28-21-11(8-7-31-17(18)19-8)13(25)20-12-14(26)22-9(4-6-30-15(12)22)16(27)29-5-2-3-10(23)24/h4,7,12,15H,2-3,5-6H2,1H3,(H2,18,19)(H,20,25)(H,23,24)/t12?,15-/m1/s1. The number of aliphatic carboxylic acids is 1. The molecule has 0 aromatic carbocycles. The lowest BCUT2D eigenvalue weighted by Crippen LogP contribution is -2.70. The van der Waals surface area contributed by atoms with Crippen LogP contribution >= 0.6 is 23.1 Å². The summed E-state index contributed by atoms with van der Waals surface area (Å²) in [6.45, 7) is -0.0733. The van der Waals surface area contributed by atoms with Crippen LogP contribution in [0.5, 0.6) is 0 Å². The number of thioether (sulfide) groups is 1. The Hall–Kier alpha value is -3.13. The predicted molar refractivity (Wildman–Crippen MR) is 111 cm³/mol. The van der Waals surface area contributed by atoms with E-state index >= 15 is 0 Å². The number of esters is 1. The molecule has 1 saturated heterocycles. The molecule has 4 N–H and O–H groups in total. The van der Waals surface area contributed by atoms with Gasteiger partial charge in [0.15, 0.2) is 10.8 Å². The van der Waals surface area contributed by atoms with Crippen molar-refractivity contribution in [1.82, 2.24) is 15.2 Å². The maximum Gasteiger partial charge on any atom is 0.354 e. The zero-order chi connectivity index (χ0) is 22.5. The van der Waals surface area contributed by atoms with Crippen molar-refractivity contribution in [2.75, 3.05) is 25.2 Å². The van der Waals surface area contributed by atoms with Crippen LogP contribution in [0.3, 0.4) is 0 Å². The Bertz CT molecular complexity index is 960. The number of fused-ring (bicyclic) bond motifs is 1. The minimum atomic E-state index is -0.988. The van der Waals surface area contributed by atoms with Gasteiger partial charge < -0.3 is 25.7 Å². The van der Waals surface area contributed by atoms with Gasteiger partial charge in [0, 0.05) is 17.6 Å². The second kappa shape index (κ2) is 9.78. The van der Waals surface area contributed by atoms with E-state index in [0.717, 1.165) is 11.3 Å². The fourth-order valence-corrected chi connectivity index (χ4v) is 4.64. The molecule has 2 aliphatic heterocycles. The molecule has 3 heterocycles. The molecule has 31 heavy (non-hydrogen) atoms. The number of β-lactam (4-membered cyclic amide) rings is 1. The van der Waals surface area contributed by atoms with E-state index in [1.165, 1.54) is 29.2 Å². The average Bonchev–Trinajstić information content (AvgIpc) is 3.17. The normalized spacial score (nSPS) is 20.3. The highest BCUT2D eigenvalue weighted by atomic mass is 32.2. The van der Waals surface area contributed by atoms with E-state index in [4.69, 9.17) is 20.4 Å². The number of hydrogen-bond acceptors (Lipinski definition) is 11. The molecule has 0 radical (unpaired) electrons. The van der Waals surface area contributed by atoms with Crippen molar-refractivity contribution < 1.29 is 33.9 Å². The Morgan fingerprint density at radius 1 is 1.45 bits per heavy atom. The van der Waals surface area contributed by atoms with Gasteiger partial charge in [0.1, 0.15) is 29.9 Å². The van der Waals surface area contributed by atoms with E-state index in [-0.39, 0.29) is 41.7 Å². The maximum atomic E-state index is 12.7. The van der Waals surface area contributed by atoms with Crippen molar-refractivity contribution in [1.29, 1.82) is 0 Å². The molecule has 0 saturated carbocycles. The van der Waals surface area contributed by atoms with Gasteiger partial charge in [-0.05, 0) is 12.5 Å². The molecule has 1 fully saturated rings. The number of nitrogens with one attached hydrogen (secondary N) is 1. The molecule has 12 nitrogen and oxygen atoms in total. The Morgan fingerprint density at radius 2 is 2.23 bits per heavy atom. The summed E-state index contributed by atoms with van der Waals surface area (Å²) in [6, 6.07) is -0.876. The lowest BCUT2D eigenvalue weighted by atomic mass is 10.0. The Balaban J connectivity index is 1.62. The Labute approximate surface area is 184 Å². The van der Waals surface area contributed by atoms with E-state index in [1.807, 2.05) is 0 Å². The smallest absolute Gasteiger partial charge is 0.354 e. The summed E-state index contributed by atoms with van der Waals surface area (Å²) < 4.78 is 5.06. The van der Waals surface area contributed by atoms with Gasteiger partial charge in [0.05, 0.1) is 6.61 Å². The summed E-state index contributed by atoms with van der Waals surface area (Å²) in [7, 11) is 1.27. The third kappa shape index (κ3) is 4.96. The number of hydrogen-bond donors (Lipinski definition) is 3. The second-order valence-electron chi connectivity index (χ2n) is 6.30. The Morgan fingerprint density at radius 3 is 2.87 bits per heavy atom. The number of amides is 2. The quantitative estimate of drug-likeness (QED) is 0.144. The number of ether oxygens (including phenoxy) is 1. The van der Waals surface area contributed by atoms with Crippen molar-refractivity contribution in [3.63, 3.8) is 0 Å². The van der Waals surface area contributed by atoms with Gasteiger partial charge in [-0.25, -0.2) is 9.78 Å². The van der Waals surface area contributed by atoms with E-state index in [2.05, 4.69) is 15.5 Å². The maximum absolute atomic E-state index is 12.7. The first-order chi connectivity index (χ1) is 14.8. The number of carboxylic acid groups (broad SMARTS) is 1. The van der Waals surface area contributed by atoms with Crippen LogP contribution in [0.2, 0.25) is 0 Å². The van der Waals surface area contributed by atoms with Gasteiger partial charge in [0.25, 0.3) is 11.8 Å². The first kappa shape index (κ1) is 22.6. The van der Waals surface area contributed by atoms with Crippen LogP contribution in [0.4, 0.5) is 5.13 Å². The predicted octanol–water partition coefficient (Wildman–Crippen LogP) is -0.232. The first-order valence-electron chi connectivity index (χ1n) is 9.00. The second-order valence-corrected chi connectivity index (χ2v) is 8.34. The van der Waals surface area contributed by atoms with E-state index in [0.29, 0.717) is 5.75 Å². The van der Waals surface area contributed by atoms with Gasteiger partial charge in [0.2, 0.25) is 0 Å². The molecule has 166 valence electrons. The molecular weight excluding hydrogens is 450 g/mol. The topological polar surface area (TPSA) is 174 Å². The highest BCUT2D eigenvalue weighted by Gasteiger charge is 2.53. The number of oxime groups is 1. The average molecular weight is 470 g/mol. The van der Waals surface area contributed by atoms with Crippen LogP contribution < -0.4 is 11.1 Å². The molecule has 1 aromatic rings. The highest BCUT2D eigenvalue weighted by molar-refractivity contribution is 8.00. The van der Waals surface area contributed by atoms with Crippen molar-refractivity contribution in [3.8, 4) is 0 Å². The van der Waals surface area contributed by atoms with Crippen molar-refractivity contribution in [3.05, 3.63) is 22.8 Å². The largest absolute Gasteiger partial charge is 0.481 e. The first-order valence-corrected chi connectivity index (χ1v) is 10.9. The lowest BCUT2D eigenvalue weighted by Gasteiger charge is -2.48. The van der Waals surface area contributed by atoms with Crippen LogP contribution in [-0.4, -0.2) is 75.3 Å². The van der Waals surface area contributed by atoms with E-state index < -0.39 is 35.2 Å². The van der Waals surface area contributed by atoms with Crippen LogP contribution in [0, 0.1) is 0 Å². The molecule has 0 aliphatic carbocycles. The molecular formula is C17H19N5O7S2.